The van der Waals surface area contributed by atoms with Crippen LogP contribution in [0.3, 0.4) is 0 Å². The van der Waals surface area contributed by atoms with Crippen LogP contribution in [0.2, 0.25) is 5.02 Å². The Morgan fingerprint density at radius 1 is 1.14 bits per heavy atom. The number of rotatable bonds is 6. The van der Waals surface area contributed by atoms with Gasteiger partial charge in [0, 0.05) is 29.2 Å². The summed E-state index contributed by atoms with van der Waals surface area (Å²) < 4.78 is 22.1. The number of esters is 1. The molecule has 0 bridgehead atoms. The van der Waals surface area contributed by atoms with Crippen molar-refractivity contribution in [2.45, 2.75) is 45.3 Å². The topological polar surface area (TPSA) is 90.1 Å². The number of nitrogens with zero attached hydrogens (tertiary/aromatic N) is 1. The fourth-order valence-electron chi connectivity index (χ4n) is 4.35. The number of H-pyrrole nitrogens is 1. The smallest absolute Gasteiger partial charge is 0.410 e. The zero-order chi connectivity index (χ0) is 26.0. The Bertz CT molecular complexity index is 1280. The van der Waals surface area contributed by atoms with Gasteiger partial charge in [-0.15, -0.1) is 0 Å². The Morgan fingerprint density at radius 3 is 2.61 bits per heavy atom. The van der Waals surface area contributed by atoms with E-state index in [0.29, 0.717) is 40.6 Å². The Kier molecular flexibility index (Phi) is 7.36. The lowest BCUT2D eigenvalue weighted by molar-refractivity contribution is 0.0186. The molecule has 1 amide bonds. The van der Waals surface area contributed by atoms with Crippen LogP contribution >= 0.6 is 11.6 Å². The zero-order valence-corrected chi connectivity index (χ0v) is 21.9. The minimum Gasteiger partial charge on any atom is -0.493 e. The van der Waals surface area contributed by atoms with Gasteiger partial charge in [-0.2, -0.15) is 0 Å². The first kappa shape index (κ1) is 25.7. The first-order chi connectivity index (χ1) is 17.1. The van der Waals surface area contributed by atoms with Crippen LogP contribution in [0, 0.1) is 0 Å². The molecule has 1 aromatic heterocycles. The highest BCUT2D eigenvalue weighted by molar-refractivity contribution is 6.34. The van der Waals surface area contributed by atoms with E-state index in [1.165, 1.54) is 7.11 Å². The van der Waals surface area contributed by atoms with Crippen molar-refractivity contribution in [3.05, 3.63) is 47.1 Å². The third-order valence-electron chi connectivity index (χ3n) is 6.09. The maximum Gasteiger partial charge on any atom is 0.410 e. The van der Waals surface area contributed by atoms with Crippen molar-refractivity contribution in [1.82, 2.24) is 9.88 Å². The van der Waals surface area contributed by atoms with E-state index in [4.69, 9.17) is 30.5 Å². The maximum absolute atomic E-state index is 12.6. The molecule has 1 aliphatic heterocycles. The third-order valence-corrected chi connectivity index (χ3v) is 6.40. The van der Waals surface area contributed by atoms with E-state index in [1.807, 2.05) is 45.0 Å². The molecule has 0 aliphatic carbocycles. The SMILES string of the molecule is COC(=O)c1c[nH]c2cc(Cl)c(-c3ccc(OC[C@@H]4CCCN4C(=O)OC(C)(C)C)c(OC)c3)cc12. The number of hydrogen-bond donors (Lipinski definition) is 1. The van der Waals surface area contributed by atoms with E-state index in [-0.39, 0.29) is 12.1 Å². The van der Waals surface area contributed by atoms with Gasteiger partial charge in [0.1, 0.15) is 12.2 Å². The quantitative estimate of drug-likeness (QED) is 0.402. The highest BCUT2D eigenvalue weighted by Crippen LogP contribution is 2.38. The van der Waals surface area contributed by atoms with Gasteiger partial charge in [0.05, 0.1) is 30.8 Å². The Balaban J connectivity index is 1.55. The van der Waals surface area contributed by atoms with Crippen LogP contribution < -0.4 is 9.47 Å². The van der Waals surface area contributed by atoms with Gasteiger partial charge < -0.3 is 28.8 Å². The number of methoxy groups -OCH3 is 2. The monoisotopic (exact) mass is 514 g/mol. The van der Waals surface area contributed by atoms with Crippen LogP contribution in [0.15, 0.2) is 36.5 Å². The van der Waals surface area contributed by atoms with Crippen LogP contribution in [0.25, 0.3) is 22.0 Å². The second-order valence-electron chi connectivity index (χ2n) is 9.72. The van der Waals surface area contributed by atoms with Gasteiger partial charge in [0.25, 0.3) is 0 Å². The molecule has 0 spiro atoms. The first-order valence-electron chi connectivity index (χ1n) is 11.8. The second-order valence-corrected chi connectivity index (χ2v) is 10.1. The van der Waals surface area contributed by atoms with Crippen molar-refractivity contribution >= 4 is 34.6 Å². The molecule has 1 aliphatic rings. The van der Waals surface area contributed by atoms with Gasteiger partial charge in [0.2, 0.25) is 0 Å². The van der Waals surface area contributed by atoms with Crippen molar-refractivity contribution in [1.29, 1.82) is 0 Å². The standard InChI is InChI=1S/C27H31ClN2O6/c1-27(2,3)36-26(32)30-10-6-7-17(30)15-35-23-9-8-16(11-24(23)33-4)18-12-19-20(25(31)34-5)14-29-22(19)13-21(18)28/h8-9,11-14,17,29H,6-7,10,15H2,1-5H3/t17-/m0/s1. The lowest BCUT2D eigenvalue weighted by atomic mass is 10.0. The number of halogens is 1. The van der Waals surface area contributed by atoms with Crippen LogP contribution in [0.1, 0.15) is 44.0 Å². The number of likely N-dealkylation sites (tertiary alicyclic amines) is 1. The maximum atomic E-state index is 12.6. The van der Waals surface area contributed by atoms with E-state index in [1.54, 1.807) is 24.3 Å². The number of amides is 1. The lowest BCUT2D eigenvalue weighted by Crippen LogP contribution is -2.42. The molecule has 0 radical (unpaired) electrons. The third kappa shape index (κ3) is 5.38. The van der Waals surface area contributed by atoms with E-state index >= 15 is 0 Å². The number of fused-ring (bicyclic) bond motifs is 1. The molecule has 2 aromatic carbocycles. The second kappa shape index (κ2) is 10.3. The van der Waals surface area contributed by atoms with Gasteiger partial charge in [-0.3, -0.25) is 0 Å². The van der Waals surface area contributed by atoms with Gasteiger partial charge in [-0.05, 0) is 63.4 Å². The molecule has 8 nitrogen and oxygen atoms in total. The normalized spacial score (nSPS) is 15.7. The number of ether oxygens (including phenoxy) is 4. The average Bonchev–Trinajstić information content (AvgIpc) is 3.47. The summed E-state index contributed by atoms with van der Waals surface area (Å²) in [7, 11) is 2.92. The number of benzene rings is 2. The molecular formula is C27H31ClN2O6. The van der Waals surface area contributed by atoms with Gasteiger partial charge >= 0.3 is 12.1 Å². The number of nitrogens with one attached hydrogen (secondary N) is 1. The summed E-state index contributed by atoms with van der Waals surface area (Å²) in [6.45, 7) is 6.54. The predicted octanol–water partition coefficient (Wildman–Crippen LogP) is 6.06. The molecule has 1 saturated heterocycles. The molecule has 0 unspecified atom stereocenters. The fraction of sp³-hybridized carbons (Fsp3) is 0.407. The predicted molar refractivity (Wildman–Crippen MR) is 138 cm³/mol. The molecule has 1 N–H and O–H groups in total. The largest absolute Gasteiger partial charge is 0.493 e. The van der Waals surface area contributed by atoms with Gasteiger partial charge in [-0.25, -0.2) is 9.59 Å². The molecule has 1 atom stereocenters. The molecule has 2 heterocycles. The summed E-state index contributed by atoms with van der Waals surface area (Å²) >= 11 is 6.58. The van der Waals surface area contributed by atoms with Crippen LogP contribution in [-0.2, 0) is 9.47 Å². The van der Waals surface area contributed by atoms with E-state index in [9.17, 15) is 9.59 Å². The van der Waals surface area contributed by atoms with Crippen LogP contribution in [0.4, 0.5) is 4.79 Å². The summed E-state index contributed by atoms with van der Waals surface area (Å²) in [4.78, 5) is 29.5. The van der Waals surface area contributed by atoms with Gasteiger partial charge in [0.15, 0.2) is 11.5 Å². The zero-order valence-electron chi connectivity index (χ0n) is 21.1. The first-order valence-corrected chi connectivity index (χ1v) is 12.2. The average molecular weight is 515 g/mol. The van der Waals surface area contributed by atoms with E-state index < -0.39 is 11.6 Å². The number of aromatic nitrogens is 1. The minimum absolute atomic E-state index is 0.0774. The Labute approximate surface area is 215 Å². The summed E-state index contributed by atoms with van der Waals surface area (Å²) in [6, 6.07) is 9.10. The lowest BCUT2D eigenvalue weighted by Gasteiger charge is -2.28. The molecule has 36 heavy (non-hydrogen) atoms. The van der Waals surface area contributed by atoms with Gasteiger partial charge in [-0.1, -0.05) is 17.7 Å². The van der Waals surface area contributed by atoms with Crippen molar-refractivity contribution in [3.8, 4) is 22.6 Å². The fourth-order valence-corrected chi connectivity index (χ4v) is 4.63. The molecule has 0 saturated carbocycles. The minimum atomic E-state index is -0.549. The molecule has 3 aromatic rings. The van der Waals surface area contributed by atoms with Crippen molar-refractivity contribution in [2.75, 3.05) is 27.4 Å². The number of aromatic amines is 1. The highest BCUT2D eigenvalue weighted by Gasteiger charge is 2.32. The van der Waals surface area contributed by atoms with E-state index in [0.717, 1.165) is 29.5 Å². The van der Waals surface area contributed by atoms with Crippen molar-refractivity contribution < 1.29 is 28.5 Å². The summed E-state index contributed by atoms with van der Waals surface area (Å²) in [5.41, 5.74) is 2.17. The van der Waals surface area contributed by atoms with Crippen molar-refractivity contribution in [2.24, 2.45) is 0 Å². The molecule has 4 rings (SSSR count). The molecule has 192 valence electrons. The number of hydrogen-bond acceptors (Lipinski definition) is 6. The highest BCUT2D eigenvalue weighted by atomic mass is 35.5. The molecule has 9 heteroatoms. The summed E-state index contributed by atoms with van der Waals surface area (Å²) in [6.07, 6.45) is 3.03. The summed E-state index contributed by atoms with van der Waals surface area (Å²) in [5, 5.41) is 1.24. The van der Waals surface area contributed by atoms with E-state index in [2.05, 4.69) is 4.98 Å². The van der Waals surface area contributed by atoms with Crippen LogP contribution in [0.5, 0.6) is 11.5 Å². The summed E-state index contributed by atoms with van der Waals surface area (Å²) in [5.74, 6) is 0.669. The molecule has 1 fully saturated rings. The number of carbonyl (C=O) groups excluding carboxylic acids is 2. The Hall–Kier alpha value is -3.39. The van der Waals surface area contributed by atoms with Crippen LogP contribution in [-0.4, -0.2) is 61.0 Å². The number of carbonyl (C=O) groups is 2. The molecular weight excluding hydrogens is 484 g/mol. The van der Waals surface area contributed by atoms with Crippen molar-refractivity contribution in [3.63, 3.8) is 0 Å². The Morgan fingerprint density at radius 2 is 1.92 bits per heavy atom.